The third-order valence-electron chi connectivity index (χ3n) is 4.72. The van der Waals surface area contributed by atoms with Crippen molar-refractivity contribution in [3.8, 4) is 0 Å². The van der Waals surface area contributed by atoms with Crippen molar-refractivity contribution in [3.63, 3.8) is 0 Å². The van der Waals surface area contributed by atoms with Gasteiger partial charge >= 0.3 is 0 Å². The van der Waals surface area contributed by atoms with Crippen LogP contribution < -0.4 is 5.56 Å². The average molecular weight is 337 g/mol. The van der Waals surface area contributed by atoms with Crippen molar-refractivity contribution in [1.82, 2.24) is 25.1 Å². The summed E-state index contributed by atoms with van der Waals surface area (Å²) in [5, 5.41) is 6.13. The predicted molar refractivity (Wildman–Crippen MR) is 93.6 cm³/mol. The predicted octanol–water partition coefficient (Wildman–Crippen LogP) is 1.97. The zero-order valence-corrected chi connectivity index (χ0v) is 14.0. The molecule has 1 saturated heterocycles. The number of aromatic nitrogens is 4. The number of nitrogens with one attached hydrogen (secondary N) is 2. The number of piperidine rings is 1. The molecular weight excluding hydrogens is 318 g/mol. The van der Waals surface area contributed by atoms with E-state index < -0.39 is 0 Å². The monoisotopic (exact) mass is 337 g/mol. The van der Waals surface area contributed by atoms with Gasteiger partial charge < -0.3 is 9.88 Å². The van der Waals surface area contributed by atoms with Gasteiger partial charge in [0.2, 0.25) is 0 Å². The first-order chi connectivity index (χ1) is 12.1. The van der Waals surface area contributed by atoms with Crippen LogP contribution in [0, 0.1) is 6.92 Å². The van der Waals surface area contributed by atoms with Gasteiger partial charge in [0, 0.05) is 25.1 Å². The number of carbonyl (C=O) groups is 1. The SMILES string of the molecule is Cc1ccc2nc(C3CCN(C(=O)c4ccc(=O)[nH]n4)CC3)[nH]c2c1. The summed E-state index contributed by atoms with van der Waals surface area (Å²) in [4.78, 5) is 33.4. The molecule has 0 atom stereocenters. The number of likely N-dealkylation sites (tertiary alicyclic amines) is 1. The molecule has 0 radical (unpaired) electrons. The van der Waals surface area contributed by atoms with Crippen molar-refractivity contribution in [3.05, 3.63) is 57.8 Å². The number of aryl methyl sites for hydroxylation is 1. The number of imidazole rings is 1. The zero-order chi connectivity index (χ0) is 17.4. The maximum atomic E-state index is 12.5. The summed E-state index contributed by atoms with van der Waals surface area (Å²) in [6, 6.07) is 8.99. The Bertz CT molecular complexity index is 962. The van der Waals surface area contributed by atoms with Gasteiger partial charge in [0.25, 0.3) is 11.5 Å². The van der Waals surface area contributed by atoms with Crippen LogP contribution in [0.1, 0.15) is 40.6 Å². The Morgan fingerprint density at radius 3 is 2.72 bits per heavy atom. The second kappa shape index (κ2) is 6.16. The van der Waals surface area contributed by atoms with E-state index in [4.69, 9.17) is 4.98 Å². The Labute approximate surface area is 144 Å². The number of hydrogen-bond donors (Lipinski definition) is 2. The van der Waals surface area contributed by atoms with E-state index in [-0.39, 0.29) is 17.2 Å². The number of H-pyrrole nitrogens is 2. The highest BCUT2D eigenvalue weighted by Crippen LogP contribution is 2.28. The summed E-state index contributed by atoms with van der Waals surface area (Å²) in [7, 11) is 0. The Morgan fingerprint density at radius 1 is 1.20 bits per heavy atom. The smallest absolute Gasteiger partial charge is 0.274 e. The molecule has 7 nitrogen and oxygen atoms in total. The fraction of sp³-hybridized carbons (Fsp3) is 0.333. The van der Waals surface area contributed by atoms with Gasteiger partial charge in [0.15, 0.2) is 0 Å². The lowest BCUT2D eigenvalue weighted by atomic mass is 9.96. The number of carbonyl (C=O) groups excluding carboxylic acids is 1. The maximum Gasteiger partial charge on any atom is 0.274 e. The lowest BCUT2D eigenvalue weighted by Gasteiger charge is -2.30. The molecule has 0 saturated carbocycles. The van der Waals surface area contributed by atoms with Crippen LogP contribution in [0.4, 0.5) is 0 Å². The van der Waals surface area contributed by atoms with Crippen molar-refractivity contribution in [1.29, 1.82) is 0 Å². The van der Waals surface area contributed by atoms with Crippen LogP contribution in [-0.2, 0) is 0 Å². The second-order valence-corrected chi connectivity index (χ2v) is 6.52. The van der Waals surface area contributed by atoms with E-state index in [0.717, 1.165) is 29.7 Å². The van der Waals surface area contributed by atoms with Crippen LogP contribution in [0.15, 0.2) is 35.1 Å². The molecule has 2 aromatic heterocycles. The summed E-state index contributed by atoms with van der Waals surface area (Å²) in [6.07, 6.45) is 1.71. The number of benzene rings is 1. The molecule has 1 fully saturated rings. The average Bonchev–Trinajstić information content (AvgIpc) is 3.05. The van der Waals surface area contributed by atoms with E-state index in [0.29, 0.717) is 19.0 Å². The minimum atomic E-state index is -0.310. The van der Waals surface area contributed by atoms with Gasteiger partial charge in [-0.1, -0.05) is 6.07 Å². The molecule has 1 aromatic carbocycles. The Kier molecular flexibility index (Phi) is 3.83. The first-order valence-electron chi connectivity index (χ1n) is 8.41. The molecule has 0 aliphatic carbocycles. The number of hydrogen-bond acceptors (Lipinski definition) is 4. The van der Waals surface area contributed by atoms with Gasteiger partial charge in [-0.2, -0.15) is 5.10 Å². The molecule has 0 unspecified atom stereocenters. The van der Waals surface area contributed by atoms with Crippen molar-refractivity contribution in [2.75, 3.05) is 13.1 Å². The Balaban J connectivity index is 1.46. The molecule has 128 valence electrons. The molecule has 7 heteroatoms. The van der Waals surface area contributed by atoms with Crippen LogP contribution in [0.25, 0.3) is 11.0 Å². The molecule has 1 amide bonds. The van der Waals surface area contributed by atoms with Crippen molar-refractivity contribution >= 4 is 16.9 Å². The third-order valence-corrected chi connectivity index (χ3v) is 4.72. The van der Waals surface area contributed by atoms with E-state index >= 15 is 0 Å². The molecule has 1 aliphatic heterocycles. The maximum absolute atomic E-state index is 12.5. The summed E-state index contributed by atoms with van der Waals surface area (Å²) in [6.45, 7) is 3.37. The highest BCUT2D eigenvalue weighted by molar-refractivity contribution is 5.92. The fourth-order valence-corrected chi connectivity index (χ4v) is 3.32. The molecule has 0 bridgehead atoms. The first-order valence-corrected chi connectivity index (χ1v) is 8.41. The van der Waals surface area contributed by atoms with Gasteiger partial charge in [-0.05, 0) is 43.5 Å². The minimum absolute atomic E-state index is 0.144. The summed E-state index contributed by atoms with van der Waals surface area (Å²) >= 11 is 0. The molecule has 0 spiro atoms. The van der Waals surface area contributed by atoms with Crippen LogP contribution in [0.5, 0.6) is 0 Å². The second-order valence-electron chi connectivity index (χ2n) is 6.52. The lowest BCUT2D eigenvalue weighted by molar-refractivity contribution is 0.0704. The molecule has 4 rings (SSSR count). The van der Waals surface area contributed by atoms with Crippen molar-refractivity contribution in [2.24, 2.45) is 0 Å². The first kappa shape index (κ1) is 15.6. The molecule has 1 aliphatic rings. The van der Waals surface area contributed by atoms with E-state index in [9.17, 15) is 9.59 Å². The lowest BCUT2D eigenvalue weighted by Crippen LogP contribution is -2.38. The summed E-state index contributed by atoms with van der Waals surface area (Å²) < 4.78 is 0. The van der Waals surface area contributed by atoms with E-state index in [1.165, 1.54) is 17.7 Å². The van der Waals surface area contributed by atoms with Crippen LogP contribution in [-0.4, -0.2) is 44.1 Å². The topological polar surface area (TPSA) is 94.7 Å². The quantitative estimate of drug-likeness (QED) is 0.747. The molecule has 25 heavy (non-hydrogen) atoms. The van der Waals surface area contributed by atoms with Crippen LogP contribution >= 0.6 is 0 Å². The molecule has 2 N–H and O–H groups in total. The number of nitrogens with zero attached hydrogens (tertiary/aromatic N) is 3. The number of rotatable bonds is 2. The van der Waals surface area contributed by atoms with Crippen LogP contribution in [0.3, 0.4) is 0 Å². The van der Waals surface area contributed by atoms with Gasteiger partial charge in [-0.25, -0.2) is 10.1 Å². The molecule has 3 heterocycles. The van der Waals surface area contributed by atoms with Crippen molar-refractivity contribution in [2.45, 2.75) is 25.7 Å². The van der Waals surface area contributed by atoms with E-state index in [1.807, 2.05) is 6.07 Å². The summed E-state index contributed by atoms with van der Waals surface area (Å²) in [5.74, 6) is 1.17. The van der Waals surface area contributed by atoms with Gasteiger partial charge in [0.1, 0.15) is 11.5 Å². The van der Waals surface area contributed by atoms with Gasteiger partial charge in [0.05, 0.1) is 11.0 Å². The van der Waals surface area contributed by atoms with E-state index in [2.05, 4.69) is 34.2 Å². The zero-order valence-electron chi connectivity index (χ0n) is 14.0. The number of fused-ring (bicyclic) bond motifs is 1. The largest absolute Gasteiger partial charge is 0.342 e. The number of aromatic amines is 2. The Hall–Kier alpha value is -2.96. The van der Waals surface area contributed by atoms with Gasteiger partial charge in [-0.3, -0.25) is 9.59 Å². The standard InChI is InChI=1S/C18H19N5O2/c1-11-2-3-13-15(10-11)20-17(19-13)12-6-8-23(9-7-12)18(25)14-4-5-16(24)22-21-14/h2-5,10,12H,6-9H2,1H3,(H,19,20)(H,22,24). The third kappa shape index (κ3) is 3.05. The van der Waals surface area contributed by atoms with E-state index in [1.54, 1.807) is 4.90 Å². The highest BCUT2D eigenvalue weighted by atomic mass is 16.2. The normalized spacial score (nSPS) is 15.6. The number of amides is 1. The fourth-order valence-electron chi connectivity index (χ4n) is 3.32. The van der Waals surface area contributed by atoms with Crippen molar-refractivity contribution < 1.29 is 4.79 Å². The highest BCUT2D eigenvalue weighted by Gasteiger charge is 2.27. The minimum Gasteiger partial charge on any atom is -0.342 e. The molecular formula is C18H19N5O2. The van der Waals surface area contributed by atoms with Crippen LogP contribution in [0.2, 0.25) is 0 Å². The van der Waals surface area contributed by atoms with Gasteiger partial charge in [-0.15, -0.1) is 0 Å². The Morgan fingerprint density at radius 2 is 2.00 bits per heavy atom. The molecule has 3 aromatic rings. The summed E-state index contributed by atoms with van der Waals surface area (Å²) in [5.41, 5.74) is 3.21.